The molecule has 2 aromatic heterocycles. The Morgan fingerprint density at radius 3 is 2.80 bits per heavy atom. The van der Waals surface area contributed by atoms with Crippen LogP contribution in [0.1, 0.15) is 61.1 Å². The third-order valence-corrected chi connectivity index (χ3v) is 9.81. The summed E-state index contributed by atoms with van der Waals surface area (Å²) in [5.41, 5.74) is 7.85. The van der Waals surface area contributed by atoms with Gasteiger partial charge in [0.15, 0.2) is 11.4 Å². The molecular formula is C29H31FN4O5S. The maximum atomic E-state index is 15.0. The van der Waals surface area contributed by atoms with Crippen molar-refractivity contribution in [3.8, 4) is 11.4 Å². The van der Waals surface area contributed by atoms with Gasteiger partial charge in [-0.05, 0) is 36.5 Å². The number of nitrogens with one attached hydrogen (secondary N) is 1. The number of cyclic esters (lactones) is 1. The number of aromatic nitrogens is 2. The van der Waals surface area contributed by atoms with E-state index in [9.17, 15) is 19.5 Å². The number of esters is 1. The van der Waals surface area contributed by atoms with Crippen molar-refractivity contribution < 1.29 is 23.8 Å². The van der Waals surface area contributed by atoms with E-state index in [0.29, 0.717) is 28.2 Å². The van der Waals surface area contributed by atoms with Crippen LogP contribution in [0.3, 0.4) is 0 Å². The number of halogens is 1. The summed E-state index contributed by atoms with van der Waals surface area (Å²) in [6.45, 7) is 7.26. The molecule has 1 aromatic carbocycles. The van der Waals surface area contributed by atoms with Gasteiger partial charge in [0.2, 0.25) is 0 Å². The van der Waals surface area contributed by atoms with E-state index in [1.54, 1.807) is 24.5 Å². The summed E-state index contributed by atoms with van der Waals surface area (Å²) in [4.78, 5) is 44.6. The van der Waals surface area contributed by atoms with Crippen molar-refractivity contribution in [2.45, 2.75) is 69.8 Å². The van der Waals surface area contributed by atoms with Crippen LogP contribution < -0.4 is 16.6 Å². The minimum absolute atomic E-state index is 0.00305. The van der Waals surface area contributed by atoms with Crippen molar-refractivity contribution in [2.75, 3.05) is 12.3 Å². The van der Waals surface area contributed by atoms with E-state index in [-0.39, 0.29) is 66.4 Å². The van der Waals surface area contributed by atoms with E-state index in [1.807, 2.05) is 13.8 Å². The highest BCUT2D eigenvalue weighted by molar-refractivity contribution is 7.99. The van der Waals surface area contributed by atoms with Crippen molar-refractivity contribution in [3.05, 3.63) is 56.1 Å². The van der Waals surface area contributed by atoms with E-state index in [1.165, 1.54) is 17.8 Å². The molecule has 9 nitrogen and oxygen atoms in total. The van der Waals surface area contributed by atoms with Crippen LogP contribution in [0.25, 0.3) is 22.3 Å². The standard InChI is InChI=1S/C29H31FN4O5S/c1-5-29(38)16-6-20-25-14(9-34(20)27(36)15(16)10-39-28(29)37)22-19(32-8-21(35)24(31)12(2)3)11-40-26-13(4)17(30)7-18(33-25)23(22)26/h6-7,12,19,24,32,38H,5,8-11,31H2,1-4H3/t19-,24+,29+/m1/s1. The second-order valence-corrected chi connectivity index (χ2v) is 12.2. The van der Waals surface area contributed by atoms with Crippen LogP contribution in [0.15, 0.2) is 21.8 Å². The number of aliphatic hydroxyl groups is 1. The van der Waals surface area contributed by atoms with Gasteiger partial charge < -0.3 is 25.5 Å². The summed E-state index contributed by atoms with van der Waals surface area (Å²) in [6, 6.07) is 2.18. The number of carbonyl (C=O) groups excluding carboxylic acids is 2. The molecule has 6 rings (SSSR count). The van der Waals surface area contributed by atoms with Gasteiger partial charge >= 0.3 is 5.97 Å². The van der Waals surface area contributed by atoms with Crippen LogP contribution in [-0.2, 0) is 33.1 Å². The number of nitrogens with two attached hydrogens (primary N) is 1. The number of nitrogens with zero attached hydrogens (tertiary/aromatic N) is 2. The lowest BCUT2D eigenvalue weighted by Crippen LogP contribution is -2.44. The predicted octanol–water partition coefficient (Wildman–Crippen LogP) is 2.82. The number of hydrogen-bond acceptors (Lipinski definition) is 9. The molecule has 0 saturated heterocycles. The summed E-state index contributed by atoms with van der Waals surface area (Å²) in [5, 5.41) is 15.4. The van der Waals surface area contributed by atoms with Gasteiger partial charge in [0.25, 0.3) is 5.56 Å². The van der Waals surface area contributed by atoms with Crippen molar-refractivity contribution in [1.29, 1.82) is 0 Å². The molecule has 0 unspecified atom stereocenters. The van der Waals surface area contributed by atoms with Gasteiger partial charge in [-0.2, -0.15) is 0 Å². The maximum absolute atomic E-state index is 15.0. The summed E-state index contributed by atoms with van der Waals surface area (Å²) >= 11 is 1.51. The molecule has 0 radical (unpaired) electrons. The summed E-state index contributed by atoms with van der Waals surface area (Å²) < 4.78 is 21.8. The van der Waals surface area contributed by atoms with Crippen LogP contribution in [0.5, 0.6) is 0 Å². The number of pyridine rings is 2. The van der Waals surface area contributed by atoms with Crippen LogP contribution in [0, 0.1) is 18.7 Å². The smallest absolute Gasteiger partial charge is 0.343 e. The SMILES string of the molecule is CC[C@@]1(O)C(=O)OCc2c1cc1n(c2=O)Cc2c-1nc1cc(F)c(C)c3c1c2[C@H](NCC(=O)[C@@H](N)C(C)C)CS3. The number of fused-ring (bicyclic) bond motifs is 5. The van der Waals surface area contributed by atoms with E-state index in [0.717, 1.165) is 21.4 Å². The molecule has 3 aliphatic rings. The minimum Gasteiger partial charge on any atom is -0.458 e. The Kier molecular flexibility index (Phi) is 6.41. The monoisotopic (exact) mass is 566 g/mol. The van der Waals surface area contributed by atoms with Crippen LogP contribution in [0.4, 0.5) is 4.39 Å². The Hall–Kier alpha value is -3.12. The molecule has 3 atom stereocenters. The lowest BCUT2D eigenvalue weighted by atomic mass is 9.86. The van der Waals surface area contributed by atoms with Crippen molar-refractivity contribution >= 4 is 34.4 Å². The fraction of sp³-hybridized carbons (Fsp3) is 0.448. The van der Waals surface area contributed by atoms with Crippen molar-refractivity contribution in [1.82, 2.24) is 14.9 Å². The normalized spacial score (nSPS) is 21.7. The lowest BCUT2D eigenvalue weighted by Gasteiger charge is -2.31. The molecule has 4 N–H and O–H groups in total. The number of ether oxygens (including phenoxy) is 1. The van der Waals surface area contributed by atoms with Crippen molar-refractivity contribution in [2.24, 2.45) is 11.7 Å². The Morgan fingerprint density at radius 1 is 1.35 bits per heavy atom. The van der Waals surface area contributed by atoms with Crippen molar-refractivity contribution in [3.63, 3.8) is 0 Å². The first-order valence-corrected chi connectivity index (χ1v) is 14.4. The fourth-order valence-corrected chi connectivity index (χ4v) is 7.29. The molecule has 3 aromatic rings. The van der Waals surface area contributed by atoms with E-state index in [4.69, 9.17) is 15.5 Å². The second kappa shape index (κ2) is 9.47. The topological polar surface area (TPSA) is 137 Å². The molecule has 5 heterocycles. The average Bonchev–Trinajstić information content (AvgIpc) is 3.31. The predicted molar refractivity (Wildman–Crippen MR) is 149 cm³/mol. The number of thioether (sulfide) groups is 1. The van der Waals surface area contributed by atoms with Gasteiger partial charge in [0, 0.05) is 39.3 Å². The average molecular weight is 567 g/mol. The number of benzene rings is 1. The number of Topliss-reactive ketones (excluding diaryl/α,β-unsaturated/α-hetero) is 1. The molecule has 0 fully saturated rings. The molecule has 0 amide bonds. The number of hydrogen-bond donors (Lipinski definition) is 3. The summed E-state index contributed by atoms with van der Waals surface area (Å²) in [5.74, 6) is -0.713. The van der Waals surface area contributed by atoms with Crippen LogP contribution >= 0.6 is 11.8 Å². The molecule has 40 heavy (non-hydrogen) atoms. The third-order valence-electron chi connectivity index (χ3n) is 8.52. The first-order chi connectivity index (χ1) is 19.0. The summed E-state index contributed by atoms with van der Waals surface area (Å²) in [7, 11) is 0. The largest absolute Gasteiger partial charge is 0.458 e. The highest BCUT2D eigenvalue weighted by Crippen LogP contribution is 2.48. The Balaban J connectivity index is 1.55. The molecule has 0 aliphatic carbocycles. The highest BCUT2D eigenvalue weighted by atomic mass is 32.2. The number of ketones is 1. The zero-order valence-electron chi connectivity index (χ0n) is 22.8. The summed E-state index contributed by atoms with van der Waals surface area (Å²) in [6.07, 6.45) is 0.0363. The molecule has 0 bridgehead atoms. The molecule has 3 aliphatic heterocycles. The Labute approximate surface area is 234 Å². The molecule has 0 saturated carbocycles. The Bertz CT molecular complexity index is 1690. The molecule has 11 heteroatoms. The van der Waals surface area contributed by atoms with Gasteiger partial charge in [0.05, 0.1) is 41.6 Å². The molecule has 210 valence electrons. The number of rotatable bonds is 6. The fourth-order valence-electron chi connectivity index (χ4n) is 6.00. The zero-order chi connectivity index (χ0) is 28.7. The van der Waals surface area contributed by atoms with E-state index >= 15 is 4.39 Å². The molecule has 0 spiro atoms. The van der Waals surface area contributed by atoms with Crippen LogP contribution in [-0.4, -0.2) is 44.7 Å². The van der Waals surface area contributed by atoms with Gasteiger partial charge in [-0.15, -0.1) is 11.8 Å². The zero-order valence-corrected chi connectivity index (χ0v) is 23.6. The number of carbonyl (C=O) groups is 2. The maximum Gasteiger partial charge on any atom is 0.343 e. The second-order valence-electron chi connectivity index (χ2n) is 11.1. The van der Waals surface area contributed by atoms with E-state index in [2.05, 4.69) is 5.32 Å². The lowest BCUT2D eigenvalue weighted by molar-refractivity contribution is -0.172. The van der Waals surface area contributed by atoms with Gasteiger partial charge in [0.1, 0.15) is 12.4 Å². The van der Waals surface area contributed by atoms with Gasteiger partial charge in [-0.1, -0.05) is 20.8 Å². The van der Waals surface area contributed by atoms with Crippen LogP contribution in [0.2, 0.25) is 0 Å². The minimum atomic E-state index is -1.94. The third kappa shape index (κ3) is 3.78. The first-order valence-electron chi connectivity index (χ1n) is 13.4. The Morgan fingerprint density at radius 2 is 2.10 bits per heavy atom. The quantitative estimate of drug-likeness (QED) is 0.301. The van der Waals surface area contributed by atoms with Gasteiger partial charge in [-0.25, -0.2) is 14.2 Å². The highest BCUT2D eigenvalue weighted by Gasteiger charge is 2.46. The van der Waals surface area contributed by atoms with E-state index < -0.39 is 17.6 Å². The first kappa shape index (κ1) is 27.1. The molecular weight excluding hydrogens is 535 g/mol. The van der Waals surface area contributed by atoms with Gasteiger partial charge in [-0.3, -0.25) is 9.59 Å².